The van der Waals surface area contributed by atoms with Crippen molar-refractivity contribution in [2.24, 2.45) is 0 Å². The summed E-state index contributed by atoms with van der Waals surface area (Å²) in [6.45, 7) is -0.484. The van der Waals surface area contributed by atoms with Crippen LogP contribution in [0.4, 0.5) is 0 Å². The molecule has 0 spiro atoms. The first-order chi connectivity index (χ1) is 10.6. The third-order valence-electron chi connectivity index (χ3n) is 3.82. The van der Waals surface area contributed by atoms with Gasteiger partial charge in [0, 0.05) is 0 Å². The zero-order chi connectivity index (χ0) is 15.7. The maximum atomic E-state index is 9.95. The van der Waals surface area contributed by atoms with E-state index < -0.39 is 37.3 Å². The Balaban J connectivity index is 1.80. The van der Waals surface area contributed by atoms with Gasteiger partial charge >= 0.3 is 0 Å². The van der Waals surface area contributed by atoms with Crippen molar-refractivity contribution in [3.8, 4) is 5.75 Å². The molecule has 3 rings (SSSR count). The second-order valence-corrected chi connectivity index (χ2v) is 5.32. The predicted octanol–water partition coefficient (Wildman–Crippen LogP) is 0.0185. The third-order valence-corrected chi connectivity index (χ3v) is 3.82. The molecular formula is C16H18O6. The minimum absolute atomic E-state index is 0.461. The van der Waals surface area contributed by atoms with Crippen molar-refractivity contribution in [1.82, 2.24) is 0 Å². The largest absolute Gasteiger partial charge is 0.462 e. The van der Waals surface area contributed by atoms with Crippen LogP contribution in [0.25, 0.3) is 10.8 Å². The molecule has 1 fully saturated rings. The van der Waals surface area contributed by atoms with Gasteiger partial charge in [0.25, 0.3) is 0 Å². The number of benzene rings is 2. The van der Waals surface area contributed by atoms with Crippen LogP contribution in [0.5, 0.6) is 5.75 Å². The van der Waals surface area contributed by atoms with Crippen LogP contribution in [0, 0.1) is 0 Å². The van der Waals surface area contributed by atoms with E-state index in [4.69, 9.17) is 14.6 Å². The fraction of sp³-hybridized carbons (Fsp3) is 0.375. The van der Waals surface area contributed by atoms with Crippen LogP contribution in [0.3, 0.4) is 0 Å². The number of aliphatic hydroxyl groups is 4. The molecule has 1 saturated heterocycles. The highest BCUT2D eigenvalue weighted by molar-refractivity contribution is 5.83. The van der Waals surface area contributed by atoms with E-state index in [0.717, 1.165) is 10.8 Å². The summed E-state index contributed by atoms with van der Waals surface area (Å²) >= 11 is 0. The Morgan fingerprint density at radius 3 is 2.36 bits per heavy atom. The van der Waals surface area contributed by atoms with Gasteiger partial charge < -0.3 is 29.9 Å². The van der Waals surface area contributed by atoms with Gasteiger partial charge in [-0.3, -0.25) is 0 Å². The summed E-state index contributed by atoms with van der Waals surface area (Å²) in [5, 5.41) is 40.6. The van der Waals surface area contributed by atoms with Gasteiger partial charge in [0.1, 0.15) is 30.2 Å². The Labute approximate surface area is 127 Å². The first-order valence-electron chi connectivity index (χ1n) is 7.06. The van der Waals surface area contributed by atoms with Crippen LogP contribution in [-0.4, -0.2) is 57.7 Å². The molecule has 2 aromatic rings. The SMILES string of the molecule is OC[C@H]1O[C@@H](Oc2ccc3ccccc3c2)[C@@H](O)[C@H](O)[C@@H]1O. The van der Waals surface area contributed by atoms with Gasteiger partial charge in [-0.1, -0.05) is 30.3 Å². The second kappa shape index (κ2) is 6.20. The molecule has 118 valence electrons. The molecule has 5 atom stereocenters. The summed E-state index contributed by atoms with van der Waals surface area (Å²) in [6.07, 6.45) is -6.40. The Morgan fingerprint density at radius 1 is 0.909 bits per heavy atom. The minimum atomic E-state index is -1.45. The fourth-order valence-corrected chi connectivity index (χ4v) is 2.54. The quantitative estimate of drug-likeness (QED) is 0.638. The number of rotatable bonds is 3. The van der Waals surface area contributed by atoms with Crippen molar-refractivity contribution in [2.45, 2.75) is 30.7 Å². The Hall–Kier alpha value is -1.70. The molecule has 0 bridgehead atoms. The first-order valence-corrected chi connectivity index (χ1v) is 7.06. The molecule has 1 heterocycles. The topological polar surface area (TPSA) is 99.4 Å². The van der Waals surface area contributed by atoms with Crippen molar-refractivity contribution in [3.05, 3.63) is 42.5 Å². The zero-order valence-corrected chi connectivity index (χ0v) is 11.7. The van der Waals surface area contributed by atoms with E-state index in [-0.39, 0.29) is 0 Å². The Kier molecular flexibility index (Phi) is 4.28. The average molecular weight is 306 g/mol. The number of aliphatic hydroxyl groups excluding tert-OH is 4. The fourth-order valence-electron chi connectivity index (χ4n) is 2.54. The normalized spacial score (nSPS) is 32.1. The predicted molar refractivity (Wildman–Crippen MR) is 78.3 cm³/mol. The van der Waals surface area contributed by atoms with Crippen molar-refractivity contribution in [3.63, 3.8) is 0 Å². The molecular weight excluding hydrogens is 288 g/mol. The number of hydrogen-bond donors (Lipinski definition) is 4. The molecule has 0 radical (unpaired) electrons. The lowest BCUT2D eigenvalue weighted by Crippen LogP contribution is -2.60. The van der Waals surface area contributed by atoms with Gasteiger partial charge in [0.05, 0.1) is 6.61 Å². The van der Waals surface area contributed by atoms with Crippen molar-refractivity contribution >= 4 is 10.8 Å². The molecule has 0 unspecified atom stereocenters. The zero-order valence-electron chi connectivity index (χ0n) is 11.7. The van der Waals surface area contributed by atoms with E-state index in [1.165, 1.54) is 0 Å². The third kappa shape index (κ3) is 2.79. The molecule has 0 amide bonds. The van der Waals surface area contributed by atoms with Crippen molar-refractivity contribution in [1.29, 1.82) is 0 Å². The van der Waals surface area contributed by atoms with Gasteiger partial charge in [-0.05, 0) is 22.9 Å². The maximum absolute atomic E-state index is 9.95. The standard InChI is InChI=1S/C16H18O6/c17-8-12-13(18)14(19)15(20)16(22-12)21-11-6-5-9-3-1-2-4-10(9)7-11/h1-7,12-20H,8H2/t12-,13-,14-,15+,16-/m1/s1. The molecule has 6 nitrogen and oxygen atoms in total. The molecule has 1 aliphatic rings. The Morgan fingerprint density at radius 2 is 1.64 bits per heavy atom. The van der Waals surface area contributed by atoms with E-state index in [0.29, 0.717) is 5.75 Å². The molecule has 2 aromatic carbocycles. The summed E-state index contributed by atoms with van der Waals surface area (Å²) in [7, 11) is 0. The lowest BCUT2D eigenvalue weighted by atomic mass is 9.99. The van der Waals surface area contributed by atoms with Crippen LogP contribution < -0.4 is 4.74 Å². The Bertz CT molecular complexity index is 643. The van der Waals surface area contributed by atoms with E-state index in [9.17, 15) is 15.3 Å². The minimum Gasteiger partial charge on any atom is -0.462 e. The second-order valence-electron chi connectivity index (χ2n) is 5.32. The highest BCUT2D eigenvalue weighted by atomic mass is 16.7. The summed E-state index contributed by atoms with van der Waals surface area (Å²) < 4.78 is 10.9. The van der Waals surface area contributed by atoms with E-state index in [1.807, 2.05) is 30.3 Å². The van der Waals surface area contributed by atoms with Gasteiger partial charge in [-0.15, -0.1) is 0 Å². The molecule has 0 saturated carbocycles. The van der Waals surface area contributed by atoms with Gasteiger partial charge in [-0.2, -0.15) is 0 Å². The van der Waals surface area contributed by atoms with Crippen LogP contribution in [0.15, 0.2) is 42.5 Å². The van der Waals surface area contributed by atoms with Gasteiger partial charge in [0.15, 0.2) is 0 Å². The molecule has 22 heavy (non-hydrogen) atoms. The lowest BCUT2D eigenvalue weighted by Gasteiger charge is -2.39. The average Bonchev–Trinajstić information content (AvgIpc) is 2.55. The van der Waals surface area contributed by atoms with E-state index in [1.54, 1.807) is 12.1 Å². The molecule has 0 aromatic heterocycles. The summed E-state index contributed by atoms with van der Waals surface area (Å²) in [5.41, 5.74) is 0. The van der Waals surface area contributed by atoms with Crippen LogP contribution in [-0.2, 0) is 4.74 Å². The van der Waals surface area contributed by atoms with Gasteiger partial charge in [0.2, 0.25) is 6.29 Å². The van der Waals surface area contributed by atoms with Crippen molar-refractivity contribution < 1.29 is 29.9 Å². The highest BCUT2D eigenvalue weighted by Crippen LogP contribution is 2.26. The first kappa shape index (κ1) is 15.2. The summed E-state index contributed by atoms with van der Waals surface area (Å²) in [5.74, 6) is 0.461. The highest BCUT2D eigenvalue weighted by Gasteiger charge is 2.44. The lowest BCUT2D eigenvalue weighted by molar-refractivity contribution is -0.277. The maximum Gasteiger partial charge on any atom is 0.229 e. The summed E-state index contributed by atoms with van der Waals surface area (Å²) in [6, 6.07) is 13.1. The van der Waals surface area contributed by atoms with Crippen LogP contribution in [0.1, 0.15) is 0 Å². The number of ether oxygens (including phenoxy) is 2. The summed E-state index contributed by atoms with van der Waals surface area (Å²) in [4.78, 5) is 0. The number of fused-ring (bicyclic) bond motifs is 1. The van der Waals surface area contributed by atoms with E-state index >= 15 is 0 Å². The van der Waals surface area contributed by atoms with Crippen LogP contribution in [0.2, 0.25) is 0 Å². The molecule has 4 N–H and O–H groups in total. The van der Waals surface area contributed by atoms with E-state index in [2.05, 4.69) is 0 Å². The monoisotopic (exact) mass is 306 g/mol. The molecule has 1 aliphatic heterocycles. The van der Waals surface area contributed by atoms with Gasteiger partial charge in [-0.25, -0.2) is 0 Å². The van der Waals surface area contributed by atoms with Crippen LogP contribution >= 0.6 is 0 Å². The number of hydrogen-bond acceptors (Lipinski definition) is 6. The van der Waals surface area contributed by atoms with Crippen molar-refractivity contribution in [2.75, 3.05) is 6.61 Å². The molecule has 6 heteroatoms. The smallest absolute Gasteiger partial charge is 0.229 e. The molecule has 0 aliphatic carbocycles.